The number of halogens is 1. The minimum atomic E-state index is -1.02. The fraction of sp³-hybridized carbons (Fsp3) is 0.0909. The molecular weight excluding hydrogens is 632 g/mol. The molecule has 0 spiro atoms. The predicted octanol–water partition coefficient (Wildman–Crippen LogP) is 5.98. The first kappa shape index (κ1) is 30.1. The van der Waals surface area contributed by atoms with Gasteiger partial charge in [0, 0.05) is 0 Å². The summed E-state index contributed by atoms with van der Waals surface area (Å²) in [7, 11) is 1.44. The quantitative estimate of drug-likeness (QED) is 0.157. The van der Waals surface area contributed by atoms with E-state index in [1.54, 1.807) is 48.5 Å². The van der Waals surface area contributed by atoms with Crippen LogP contribution in [0.15, 0.2) is 101 Å². The van der Waals surface area contributed by atoms with Crippen molar-refractivity contribution >= 4 is 51.5 Å². The van der Waals surface area contributed by atoms with E-state index in [-0.39, 0.29) is 23.4 Å². The van der Waals surface area contributed by atoms with E-state index in [1.165, 1.54) is 25.3 Å². The number of hydrogen-bond acceptors (Lipinski definition) is 7. The topological polar surface area (TPSA) is 131 Å². The maximum Gasteiger partial charge on any atom is 0.335 e. The van der Waals surface area contributed by atoms with Gasteiger partial charge in [0.1, 0.15) is 24.5 Å². The summed E-state index contributed by atoms with van der Waals surface area (Å²) in [4.78, 5) is 50.8. The van der Waals surface area contributed by atoms with Crippen LogP contribution in [0.3, 0.4) is 0 Å². The maximum absolute atomic E-state index is 13.4. The number of benzene rings is 4. The number of urea groups is 1. The number of carbonyl (C=O) groups excluding carboxylic acids is 3. The molecule has 0 saturated carbocycles. The Morgan fingerprint density at radius 1 is 0.886 bits per heavy atom. The first-order chi connectivity index (χ1) is 21.2. The molecule has 1 aliphatic heterocycles. The Labute approximate surface area is 260 Å². The molecule has 11 heteroatoms. The van der Waals surface area contributed by atoms with Gasteiger partial charge in [0.05, 0.1) is 22.8 Å². The average molecular weight is 657 g/mol. The lowest BCUT2D eigenvalue weighted by Gasteiger charge is -2.26. The SMILES string of the molecule is COc1cc(/C=C2\C(=O)NC(=O)N(c3ccc(OCc4ccccc4)cc3)C2=O)cc(Br)c1OCc1ccc(C(=O)O)cc1. The molecule has 1 heterocycles. The van der Waals surface area contributed by atoms with Crippen LogP contribution in [0.1, 0.15) is 27.0 Å². The van der Waals surface area contributed by atoms with E-state index in [0.717, 1.165) is 16.0 Å². The number of imide groups is 2. The van der Waals surface area contributed by atoms with E-state index in [2.05, 4.69) is 21.2 Å². The largest absolute Gasteiger partial charge is 0.493 e. The maximum atomic E-state index is 13.4. The zero-order chi connectivity index (χ0) is 31.2. The van der Waals surface area contributed by atoms with Crippen molar-refractivity contribution < 1.29 is 38.5 Å². The van der Waals surface area contributed by atoms with Crippen LogP contribution in [0.5, 0.6) is 17.2 Å². The fourth-order valence-corrected chi connectivity index (χ4v) is 4.93. The van der Waals surface area contributed by atoms with E-state index >= 15 is 0 Å². The van der Waals surface area contributed by atoms with E-state index in [4.69, 9.17) is 19.3 Å². The monoisotopic (exact) mass is 656 g/mol. The summed E-state index contributed by atoms with van der Waals surface area (Å²) in [6.45, 7) is 0.483. The molecule has 0 aromatic heterocycles. The Hall–Kier alpha value is -5.42. The second-order valence-electron chi connectivity index (χ2n) is 9.55. The molecule has 1 saturated heterocycles. The Morgan fingerprint density at radius 2 is 1.55 bits per heavy atom. The van der Waals surface area contributed by atoms with Gasteiger partial charge in [-0.15, -0.1) is 0 Å². The van der Waals surface area contributed by atoms with Crippen LogP contribution in [0, 0.1) is 0 Å². The number of nitrogens with one attached hydrogen (secondary N) is 1. The molecule has 0 aliphatic carbocycles. The molecule has 10 nitrogen and oxygen atoms in total. The number of carboxylic acid groups (broad SMARTS) is 1. The van der Waals surface area contributed by atoms with Gasteiger partial charge in [0.2, 0.25) is 0 Å². The number of ether oxygens (including phenoxy) is 3. The van der Waals surface area contributed by atoms with Crippen LogP contribution in [-0.2, 0) is 22.8 Å². The third-order valence-electron chi connectivity index (χ3n) is 6.59. The van der Waals surface area contributed by atoms with Gasteiger partial charge in [-0.1, -0.05) is 42.5 Å². The summed E-state index contributed by atoms with van der Waals surface area (Å²) in [5.41, 5.74) is 2.33. The number of rotatable bonds is 10. The molecule has 5 rings (SSSR count). The number of hydrogen-bond donors (Lipinski definition) is 2. The standard InChI is InChI=1S/C33H25BrN2O8/c1-42-28-17-22(16-27(34)29(28)44-19-21-7-9-23(10-8-21)32(39)40)15-26-30(37)35-33(41)36(31(26)38)24-11-13-25(14-12-24)43-18-20-5-3-2-4-6-20/h2-17H,18-19H2,1H3,(H,39,40)(H,35,37,41)/b26-15+. The van der Waals surface area contributed by atoms with Crippen LogP contribution < -0.4 is 24.4 Å². The summed E-state index contributed by atoms with van der Waals surface area (Å²) in [6.07, 6.45) is 1.36. The van der Waals surface area contributed by atoms with E-state index in [0.29, 0.717) is 33.9 Å². The van der Waals surface area contributed by atoms with Gasteiger partial charge in [-0.3, -0.25) is 14.9 Å². The van der Waals surface area contributed by atoms with Crippen molar-refractivity contribution in [1.82, 2.24) is 5.32 Å². The molecule has 4 aromatic carbocycles. The molecule has 44 heavy (non-hydrogen) atoms. The summed E-state index contributed by atoms with van der Waals surface area (Å²) in [5, 5.41) is 11.3. The number of barbiturate groups is 1. The molecule has 0 atom stereocenters. The van der Waals surface area contributed by atoms with Crippen LogP contribution in [0.25, 0.3) is 6.08 Å². The highest BCUT2D eigenvalue weighted by atomic mass is 79.9. The van der Waals surface area contributed by atoms with E-state index in [9.17, 15) is 19.2 Å². The lowest BCUT2D eigenvalue weighted by atomic mass is 10.1. The summed E-state index contributed by atoms with van der Waals surface area (Å²) in [6, 6.07) is 24.6. The number of aromatic carboxylic acids is 1. The number of nitrogens with zero attached hydrogens (tertiary/aromatic N) is 1. The predicted molar refractivity (Wildman–Crippen MR) is 165 cm³/mol. The van der Waals surface area contributed by atoms with Crippen molar-refractivity contribution in [2.24, 2.45) is 0 Å². The number of methoxy groups -OCH3 is 1. The molecule has 1 fully saturated rings. The molecular formula is C33H25BrN2O8. The third kappa shape index (κ3) is 6.79. The van der Waals surface area contributed by atoms with Gasteiger partial charge in [-0.25, -0.2) is 14.5 Å². The van der Waals surface area contributed by atoms with Crippen molar-refractivity contribution in [1.29, 1.82) is 0 Å². The van der Waals surface area contributed by atoms with Gasteiger partial charge >= 0.3 is 12.0 Å². The Morgan fingerprint density at radius 3 is 2.20 bits per heavy atom. The number of amides is 4. The fourth-order valence-electron chi connectivity index (χ4n) is 4.35. The van der Waals surface area contributed by atoms with Crippen LogP contribution in [0.4, 0.5) is 10.5 Å². The van der Waals surface area contributed by atoms with Crippen LogP contribution in [0.2, 0.25) is 0 Å². The molecule has 0 unspecified atom stereocenters. The molecule has 0 radical (unpaired) electrons. The third-order valence-corrected chi connectivity index (χ3v) is 7.18. The van der Waals surface area contributed by atoms with Crippen molar-refractivity contribution in [3.05, 3.63) is 123 Å². The van der Waals surface area contributed by atoms with E-state index < -0.39 is 23.8 Å². The lowest BCUT2D eigenvalue weighted by molar-refractivity contribution is -0.122. The first-order valence-corrected chi connectivity index (χ1v) is 14.0. The number of anilines is 1. The second-order valence-corrected chi connectivity index (χ2v) is 10.4. The van der Waals surface area contributed by atoms with Gasteiger partial charge < -0.3 is 19.3 Å². The van der Waals surface area contributed by atoms with Crippen molar-refractivity contribution in [3.8, 4) is 17.2 Å². The van der Waals surface area contributed by atoms with Crippen molar-refractivity contribution in [2.75, 3.05) is 12.0 Å². The molecule has 222 valence electrons. The second kappa shape index (κ2) is 13.3. The lowest BCUT2D eigenvalue weighted by Crippen LogP contribution is -2.54. The molecule has 1 aliphatic rings. The van der Waals surface area contributed by atoms with Crippen LogP contribution >= 0.6 is 15.9 Å². The normalized spacial score (nSPS) is 13.9. The zero-order valence-electron chi connectivity index (χ0n) is 23.3. The highest BCUT2D eigenvalue weighted by Crippen LogP contribution is 2.38. The smallest absolute Gasteiger partial charge is 0.335 e. The van der Waals surface area contributed by atoms with Gasteiger partial charge in [0.15, 0.2) is 11.5 Å². The Kier molecular flexibility index (Phi) is 9.06. The number of carboxylic acids is 1. The Bertz CT molecular complexity index is 1750. The van der Waals surface area contributed by atoms with Gasteiger partial charge in [-0.2, -0.15) is 0 Å². The minimum absolute atomic E-state index is 0.128. The van der Waals surface area contributed by atoms with Crippen molar-refractivity contribution in [3.63, 3.8) is 0 Å². The molecule has 0 bridgehead atoms. The Balaban J connectivity index is 1.33. The first-order valence-electron chi connectivity index (χ1n) is 13.2. The summed E-state index contributed by atoms with van der Waals surface area (Å²) < 4.78 is 17.7. The highest BCUT2D eigenvalue weighted by Gasteiger charge is 2.37. The van der Waals surface area contributed by atoms with Crippen molar-refractivity contribution in [2.45, 2.75) is 13.2 Å². The summed E-state index contributed by atoms with van der Waals surface area (Å²) in [5.74, 6) is -1.42. The molecule has 2 N–H and O–H groups in total. The molecule has 4 aromatic rings. The van der Waals surface area contributed by atoms with Gasteiger partial charge in [-0.05, 0) is 87.2 Å². The van der Waals surface area contributed by atoms with Gasteiger partial charge in [0.25, 0.3) is 11.8 Å². The highest BCUT2D eigenvalue weighted by molar-refractivity contribution is 9.10. The van der Waals surface area contributed by atoms with E-state index in [1.807, 2.05) is 30.3 Å². The molecule has 4 amide bonds. The minimum Gasteiger partial charge on any atom is -0.493 e. The number of carbonyl (C=O) groups is 4. The summed E-state index contributed by atoms with van der Waals surface area (Å²) >= 11 is 3.46. The zero-order valence-corrected chi connectivity index (χ0v) is 24.9. The average Bonchev–Trinajstić information content (AvgIpc) is 3.02. The van der Waals surface area contributed by atoms with Crippen LogP contribution in [-0.4, -0.2) is 36.0 Å².